The van der Waals surface area contributed by atoms with E-state index in [9.17, 15) is 4.79 Å². The van der Waals surface area contributed by atoms with Gasteiger partial charge in [-0.3, -0.25) is 4.79 Å². The Morgan fingerprint density at radius 1 is 0.931 bits per heavy atom. The van der Waals surface area contributed by atoms with Gasteiger partial charge in [-0.05, 0) is 43.3 Å². The van der Waals surface area contributed by atoms with Gasteiger partial charge in [0, 0.05) is 22.6 Å². The van der Waals surface area contributed by atoms with Crippen molar-refractivity contribution in [3.63, 3.8) is 0 Å². The van der Waals surface area contributed by atoms with Crippen molar-refractivity contribution in [3.05, 3.63) is 65.4 Å². The lowest BCUT2D eigenvalue weighted by Crippen LogP contribution is -2.04. The van der Waals surface area contributed by atoms with Gasteiger partial charge in [0.05, 0.1) is 33.2 Å². The molecule has 6 nitrogen and oxygen atoms in total. The van der Waals surface area contributed by atoms with Crippen molar-refractivity contribution in [2.45, 2.75) is 6.92 Å². The smallest absolute Gasteiger partial charge is 0.197 e. The maximum atomic E-state index is 13.6. The SMILES string of the molecule is COc1ccc2c(C(=O)c3cc(OC)c(C)c(OC)c3)c(-c3ccco3)oc2c1. The molecule has 0 spiro atoms. The molecule has 0 saturated carbocycles. The van der Waals surface area contributed by atoms with Gasteiger partial charge in [0.25, 0.3) is 0 Å². The van der Waals surface area contributed by atoms with Crippen LogP contribution in [0, 0.1) is 6.92 Å². The number of hydrogen-bond donors (Lipinski definition) is 0. The highest BCUT2D eigenvalue weighted by Gasteiger charge is 2.26. The maximum absolute atomic E-state index is 13.6. The van der Waals surface area contributed by atoms with Crippen molar-refractivity contribution >= 4 is 16.8 Å². The third-order valence-electron chi connectivity index (χ3n) is 4.88. The molecule has 0 bridgehead atoms. The summed E-state index contributed by atoms with van der Waals surface area (Å²) in [5.41, 5.74) is 2.19. The highest BCUT2D eigenvalue weighted by molar-refractivity contribution is 6.19. The first-order chi connectivity index (χ1) is 14.1. The van der Waals surface area contributed by atoms with Crippen LogP contribution in [0.3, 0.4) is 0 Å². The van der Waals surface area contributed by atoms with Crippen molar-refractivity contribution in [3.8, 4) is 28.8 Å². The van der Waals surface area contributed by atoms with Crippen LogP contribution >= 0.6 is 0 Å². The summed E-state index contributed by atoms with van der Waals surface area (Å²) in [6.07, 6.45) is 1.54. The second-order valence-electron chi connectivity index (χ2n) is 6.48. The summed E-state index contributed by atoms with van der Waals surface area (Å²) in [6.45, 7) is 1.87. The van der Waals surface area contributed by atoms with Gasteiger partial charge in [-0.2, -0.15) is 0 Å². The van der Waals surface area contributed by atoms with Gasteiger partial charge in [-0.15, -0.1) is 0 Å². The standard InChI is InChI=1S/C23H20O6/c1-13-18(26-3)10-14(11-19(13)27-4)22(24)21-16-8-7-15(25-2)12-20(16)29-23(21)17-6-5-9-28-17/h5-12H,1-4H3. The molecule has 148 valence electrons. The molecule has 4 rings (SSSR count). The topological polar surface area (TPSA) is 71.0 Å². The first-order valence-electron chi connectivity index (χ1n) is 8.99. The molecule has 0 saturated heterocycles. The van der Waals surface area contributed by atoms with Crippen molar-refractivity contribution < 1.29 is 27.8 Å². The van der Waals surface area contributed by atoms with Crippen LogP contribution in [0.15, 0.2) is 57.6 Å². The number of carbonyl (C=O) groups is 1. The van der Waals surface area contributed by atoms with Crippen LogP contribution in [0.5, 0.6) is 17.2 Å². The summed E-state index contributed by atoms with van der Waals surface area (Å²) in [7, 11) is 4.70. The molecule has 2 aromatic heterocycles. The minimum Gasteiger partial charge on any atom is -0.497 e. The van der Waals surface area contributed by atoms with E-state index in [-0.39, 0.29) is 5.78 Å². The van der Waals surface area contributed by atoms with Crippen LogP contribution in [0.2, 0.25) is 0 Å². The predicted molar refractivity (Wildman–Crippen MR) is 108 cm³/mol. The van der Waals surface area contributed by atoms with Crippen molar-refractivity contribution in [1.82, 2.24) is 0 Å². The number of ketones is 1. The quantitative estimate of drug-likeness (QED) is 0.417. The van der Waals surface area contributed by atoms with Gasteiger partial charge >= 0.3 is 0 Å². The van der Waals surface area contributed by atoms with E-state index in [1.165, 1.54) is 6.26 Å². The number of benzene rings is 2. The van der Waals surface area contributed by atoms with E-state index in [1.807, 2.05) is 6.92 Å². The van der Waals surface area contributed by atoms with Crippen LogP contribution in [0.1, 0.15) is 21.5 Å². The number of hydrogen-bond acceptors (Lipinski definition) is 6. The zero-order valence-electron chi connectivity index (χ0n) is 16.6. The summed E-state index contributed by atoms with van der Waals surface area (Å²) in [6, 6.07) is 12.2. The average Bonchev–Trinajstić information content (AvgIpc) is 3.40. The largest absolute Gasteiger partial charge is 0.497 e. The predicted octanol–water partition coefficient (Wildman–Crippen LogP) is 5.26. The monoisotopic (exact) mass is 392 g/mol. The molecule has 4 aromatic rings. The summed E-state index contributed by atoms with van der Waals surface area (Å²) >= 11 is 0. The summed E-state index contributed by atoms with van der Waals surface area (Å²) in [5, 5.41) is 0.667. The minimum absolute atomic E-state index is 0.225. The van der Waals surface area contributed by atoms with Gasteiger partial charge in [0.15, 0.2) is 17.3 Å². The van der Waals surface area contributed by atoms with E-state index in [0.29, 0.717) is 50.9 Å². The second kappa shape index (κ2) is 7.39. The summed E-state index contributed by atoms with van der Waals surface area (Å²) in [5.74, 6) is 2.38. The fraction of sp³-hybridized carbons (Fsp3) is 0.174. The van der Waals surface area contributed by atoms with Crippen LogP contribution < -0.4 is 14.2 Å². The first-order valence-corrected chi connectivity index (χ1v) is 8.99. The maximum Gasteiger partial charge on any atom is 0.197 e. The lowest BCUT2D eigenvalue weighted by Gasteiger charge is -2.12. The van der Waals surface area contributed by atoms with E-state index in [0.717, 1.165) is 5.56 Å². The third kappa shape index (κ3) is 3.12. The summed E-state index contributed by atoms with van der Waals surface area (Å²) < 4.78 is 27.7. The molecule has 0 aliphatic carbocycles. The Balaban J connectivity index is 1.95. The lowest BCUT2D eigenvalue weighted by molar-refractivity contribution is 0.103. The molecule has 6 heteroatoms. The average molecular weight is 392 g/mol. The van der Waals surface area contributed by atoms with E-state index in [4.69, 9.17) is 23.0 Å². The number of ether oxygens (including phenoxy) is 3. The molecule has 0 unspecified atom stereocenters. The highest BCUT2D eigenvalue weighted by atomic mass is 16.5. The van der Waals surface area contributed by atoms with Crippen molar-refractivity contribution in [2.24, 2.45) is 0 Å². The molecule has 29 heavy (non-hydrogen) atoms. The van der Waals surface area contributed by atoms with Crippen molar-refractivity contribution in [1.29, 1.82) is 0 Å². The van der Waals surface area contributed by atoms with Gasteiger partial charge in [0.1, 0.15) is 22.8 Å². The normalized spacial score (nSPS) is 10.9. The number of rotatable bonds is 6. The zero-order valence-corrected chi connectivity index (χ0v) is 16.6. The molecule has 0 fully saturated rings. The van der Waals surface area contributed by atoms with Crippen LogP contribution in [0.25, 0.3) is 22.5 Å². The van der Waals surface area contributed by atoms with Crippen LogP contribution in [0.4, 0.5) is 0 Å². The number of fused-ring (bicyclic) bond motifs is 1. The fourth-order valence-electron chi connectivity index (χ4n) is 3.37. The second-order valence-corrected chi connectivity index (χ2v) is 6.48. The molecule has 0 atom stereocenters. The number of carbonyl (C=O) groups excluding carboxylic acids is 1. The fourth-order valence-corrected chi connectivity index (χ4v) is 3.37. The van der Waals surface area contributed by atoms with E-state index < -0.39 is 0 Å². The van der Waals surface area contributed by atoms with Gasteiger partial charge in [-0.1, -0.05) is 0 Å². The molecule has 2 aromatic carbocycles. The Bertz CT molecular complexity index is 1160. The minimum atomic E-state index is -0.225. The van der Waals surface area contributed by atoms with E-state index >= 15 is 0 Å². The van der Waals surface area contributed by atoms with Gasteiger partial charge < -0.3 is 23.0 Å². The molecular formula is C23H20O6. The number of methoxy groups -OCH3 is 3. The van der Waals surface area contributed by atoms with Crippen LogP contribution in [-0.4, -0.2) is 27.1 Å². The zero-order chi connectivity index (χ0) is 20.5. The van der Waals surface area contributed by atoms with E-state index in [2.05, 4.69) is 0 Å². The van der Waals surface area contributed by atoms with Crippen molar-refractivity contribution in [2.75, 3.05) is 21.3 Å². The molecule has 0 aliphatic heterocycles. The first kappa shape index (κ1) is 18.7. The highest BCUT2D eigenvalue weighted by Crippen LogP contribution is 2.38. The Kier molecular flexibility index (Phi) is 4.76. The molecule has 0 radical (unpaired) electrons. The molecule has 2 heterocycles. The molecule has 0 N–H and O–H groups in total. The van der Waals surface area contributed by atoms with Crippen LogP contribution in [-0.2, 0) is 0 Å². The van der Waals surface area contributed by atoms with E-state index in [1.54, 1.807) is 63.8 Å². The third-order valence-corrected chi connectivity index (χ3v) is 4.88. The Morgan fingerprint density at radius 2 is 1.66 bits per heavy atom. The molecular weight excluding hydrogens is 372 g/mol. The number of furan rings is 2. The van der Waals surface area contributed by atoms with Gasteiger partial charge in [0.2, 0.25) is 0 Å². The summed E-state index contributed by atoms with van der Waals surface area (Å²) in [4.78, 5) is 13.6. The molecule has 0 aliphatic rings. The Hall–Kier alpha value is -3.67. The Labute approximate surface area is 167 Å². The lowest BCUT2D eigenvalue weighted by atomic mass is 9.97. The van der Waals surface area contributed by atoms with Gasteiger partial charge in [-0.25, -0.2) is 0 Å². The Morgan fingerprint density at radius 3 is 2.24 bits per heavy atom. The molecule has 0 amide bonds.